The Labute approximate surface area is 109 Å². The van der Waals surface area contributed by atoms with E-state index in [0.717, 1.165) is 42.2 Å². The van der Waals surface area contributed by atoms with Crippen molar-refractivity contribution in [1.82, 2.24) is 9.88 Å². The van der Waals surface area contributed by atoms with Crippen molar-refractivity contribution in [3.63, 3.8) is 0 Å². The van der Waals surface area contributed by atoms with Crippen LogP contribution in [0.25, 0.3) is 0 Å². The number of rotatable bonds is 3. The number of morpholine rings is 1. The molecule has 16 heavy (non-hydrogen) atoms. The Bertz CT molecular complexity index is 351. The van der Waals surface area contributed by atoms with E-state index in [1.165, 1.54) is 0 Å². The lowest BCUT2D eigenvalue weighted by atomic mass is 10.2. The van der Waals surface area contributed by atoms with Crippen LogP contribution in [0.2, 0.25) is 5.02 Å². The van der Waals surface area contributed by atoms with Crippen LogP contribution in [-0.4, -0.2) is 41.0 Å². The summed E-state index contributed by atoms with van der Waals surface area (Å²) in [7, 11) is 0. The molecule has 5 heteroatoms. The fourth-order valence-corrected chi connectivity index (χ4v) is 2.36. The molecule has 0 aliphatic carbocycles. The monoisotopic (exact) mass is 304 g/mol. The molecule has 3 nitrogen and oxygen atoms in total. The maximum Gasteiger partial charge on any atom is 0.0799 e. The summed E-state index contributed by atoms with van der Waals surface area (Å²) in [6.45, 7) is 3.57. The highest BCUT2D eigenvalue weighted by atomic mass is 79.9. The molecule has 1 fully saturated rings. The predicted molar refractivity (Wildman–Crippen MR) is 68.1 cm³/mol. The molecule has 0 aromatic carbocycles. The number of hydrogen-bond acceptors (Lipinski definition) is 3. The highest BCUT2D eigenvalue weighted by Gasteiger charge is 2.19. The minimum absolute atomic E-state index is 0.286. The second kappa shape index (κ2) is 5.96. The van der Waals surface area contributed by atoms with Gasteiger partial charge in [0, 0.05) is 37.4 Å². The molecule has 1 saturated heterocycles. The first-order chi connectivity index (χ1) is 7.79. The van der Waals surface area contributed by atoms with E-state index in [1.54, 1.807) is 12.4 Å². The summed E-state index contributed by atoms with van der Waals surface area (Å²) >= 11 is 9.53. The van der Waals surface area contributed by atoms with Crippen LogP contribution in [-0.2, 0) is 11.3 Å². The molecule has 0 spiro atoms. The van der Waals surface area contributed by atoms with E-state index in [9.17, 15) is 0 Å². The van der Waals surface area contributed by atoms with Gasteiger partial charge >= 0.3 is 0 Å². The van der Waals surface area contributed by atoms with Gasteiger partial charge in [-0.25, -0.2) is 0 Å². The van der Waals surface area contributed by atoms with Crippen molar-refractivity contribution in [2.45, 2.75) is 12.6 Å². The summed E-state index contributed by atoms with van der Waals surface area (Å²) in [5.41, 5.74) is 1.13. The summed E-state index contributed by atoms with van der Waals surface area (Å²) in [6, 6.07) is 1.97. The van der Waals surface area contributed by atoms with Gasteiger partial charge in [-0.1, -0.05) is 27.5 Å². The van der Waals surface area contributed by atoms with Crippen LogP contribution in [0.1, 0.15) is 5.56 Å². The molecular formula is C11H14BrClN2O. The summed E-state index contributed by atoms with van der Waals surface area (Å²) < 4.78 is 5.59. The van der Waals surface area contributed by atoms with Crippen molar-refractivity contribution in [1.29, 1.82) is 0 Å². The minimum atomic E-state index is 0.286. The zero-order chi connectivity index (χ0) is 11.4. The van der Waals surface area contributed by atoms with E-state index in [1.807, 2.05) is 6.07 Å². The summed E-state index contributed by atoms with van der Waals surface area (Å²) in [5.74, 6) is 0. The number of hydrogen-bond donors (Lipinski definition) is 0. The highest BCUT2D eigenvalue weighted by molar-refractivity contribution is 9.09. The number of nitrogens with zero attached hydrogens (tertiary/aromatic N) is 2. The lowest BCUT2D eigenvalue weighted by Crippen LogP contribution is -2.42. The van der Waals surface area contributed by atoms with Gasteiger partial charge in [0.05, 0.1) is 17.7 Å². The van der Waals surface area contributed by atoms with Crippen LogP contribution < -0.4 is 0 Å². The average Bonchev–Trinajstić information content (AvgIpc) is 2.32. The quantitative estimate of drug-likeness (QED) is 0.802. The van der Waals surface area contributed by atoms with Gasteiger partial charge in [-0.05, 0) is 11.6 Å². The largest absolute Gasteiger partial charge is 0.375 e. The van der Waals surface area contributed by atoms with Gasteiger partial charge in [-0.3, -0.25) is 9.88 Å². The molecule has 0 amide bonds. The summed E-state index contributed by atoms with van der Waals surface area (Å²) in [5, 5.41) is 1.62. The van der Waals surface area contributed by atoms with Crippen LogP contribution in [0.3, 0.4) is 0 Å². The Morgan fingerprint density at radius 2 is 2.50 bits per heavy atom. The van der Waals surface area contributed by atoms with E-state index in [4.69, 9.17) is 16.3 Å². The molecule has 0 bridgehead atoms. The predicted octanol–water partition coefficient (Wildman–Crippen LogP) is 2.33. The second-order valence-corrected chi connectivity index (χ2v) is 4.90. The minimum Gasteiger partial charge on any atom is -0.375 e. The zero-order valence-corrected chi connectivity index (χ0v) is 11.2. The number of halogens is 2. The fraction of sp³-hybridized carbons (Fsp3) is 0.545. The number of pyridine rings is 1. The van der Waals surface area contributed by atoms with Gasteiger partial charge < -0.3 is 4.74 Å². The Morgan fingerprint density at radius 1 is 1.62 bits per heavy atom. The molecule has 1 aliphatic heterocycles. The second-order valence-electron chi connectivity index (χ2n) is 3.85. The van der Waals surface area contributed by atoms with Crippen LogP contribution in [0.4, 0.5) is 0 Å². The Balaban J connectivity index is 1.97. The molecule has 0 saturated carbocycles. The topological polar surface area (TPSA) is 25.4 Å². The van der Waals surface area contributed by atoms with Gasteiger partial charge in [0.25, 0.3) is 0 Å². The first kappa shape index (κ1) is 12.3. The lowest BCUT2D eigenvalue weighted by molar-refractivity contribution is -0.0181. The van der Waals surface area contributed by atoms with Crippen LogP contribution in [0.15, 0.2) is 18.5 Å². The number of alkyl halides is 1. The zero-order valence-electron chi connectivity index (χ0n) is 8.90. The first-order valence-electron chi connectivity index (χ1n) is 5.28. The maximum absolute atomic E-state index is 6.08. The fourth-order valence-electron chi connectivity index (χ4n) is 1.79. The van der Waals surface area contributed by atoms with E-state index in [2.05, 4.69) is 25.8 Å². The Morgan fingerprint density at radius 3 is 3.25 bits per heavy atom. The standard InChI is InChI=1S/C11H14BrClN2O/c12-5-10-8-15(3-4-16-10)7-9-1-2-14-6-11(9)13/h1-2,6,10H,3-5,7-8H2. The third kappa shape index (κ3) is 3.17. The number of aromatic nitrogens is 1. The Kier molecular flexibility index (Phi) is 4.58. The third-order valence-electron chi connectivity index (χ3n) is 2.65. The molecule has 1 unspecified atom stereocenters. The molecular weight excluding hydrogens is 291 g/mol. The Hall–Kier alpha value is -0.160. The lowest BCUT2D eigenvalue weighted by Gasteiger charge is -2.32. The normalized spacial score (nSPS) is 22.2. The van der Waals surface area contributed by atoms with Gasteiger partial charge in [0.2, 0.25) is 0 Å². The molecule has 88 valence electrons. The van der Waals surface area contributed by atoms with Crippen molar-refractivity contribution < 1.29 is 4.74 Å². The molecule has 1 aromatic rings. The molecule has 2 rings (SSSR count). The highest BCUT2D eigenvalue weighted by Crippen LogP contribution is 2.17. The van der Waals surface area contributed by atoms with Crippen molar-refractivity contribution in [3.05, 3.63) is 29.0 Å². The molecule has 1 aromatic heterocycles. The maximum atomic E-state index is 6.08. The molecule has 1 aliphatic rings. The van der Waals surface area contributed by atoms with Gasteiger partial charge in [-0.2, -0.15) is 0 Å². The van der Waals surface area contributed by atoms with Crippen molar-refractivity contribution in [3.8, 4) is 0 Å². The summed E-state index contributed by atoms with van der Waals surface area (Å²) in [4.78, 5) is 6.34. The van der Waals surface area contributed by atoms with Gasteiger partial charge in [-0.15, -0.1) is 0 Å². The van der Waals surface area contributed by atoms with E-state index in [0.29, 0.717) is 0 Å². The molecule has 0 radical (unpaired) electrons. The first-order valence-corrected chi connectivity index (χ1v) is 6.78. The van der Waals surface area contributed by atoms with E-state index < -0.39 is 0 Å². The van der Waals surface area contributed by atoms with E-state index in [-0.39, 0.29) is 6.10 Å². The van der Waals surface area contributed by atoms with Crippen molar-refractivity contribution in [2.24, 2.45) is 0 Å². The third-order valence-corrected chi connectivity index (χ3v) is 3.71. The smallest absolute Gasteiger partial charge is 0.0799 e. The van der Waals surface area contributed by atoms with Crippen molar-refractivity contribution in [2.75, 3.05) is 25.0 Å². The number of ether oxygens (including phenoxy) is 1. The SMILES string of the molecule is Clc1cnccc1CN1CCOC(CBr)C1. The molecule has 2 heterocycles. The van der Waals surface area contributed by atoms with Gasteiger partial charge in [0.1, 0.15) is 0 Å². The molecule has 0 N–H and O–H groups in total. The average molecular weight is 306 g/mol. The van der Waals surface area contributed by atoms with Crippen molar-refractivity contribution >= 4 is 27.5 Å². The van der Waals surface area contributed by atoms with Crippen LogP contribution in [0.5, 0.6) is 0 Å². The summed E-state index contributed by atoms with van der Waals surface area (Å²) in [6.07, 6.45) is 3.76. The van der Waals surface area contributed by atoms with E-state index >= 15 is 0 Å². The van der Waals surface area contributed by atoms with Gasteiger partial charge in [0.15, 0.2) is 0 Å². The molecule has 1 atom stereocenters. The van der Waals surface area contributed by atoms with Crippen LogP contribution in [0, 0.1) is 0 Å². The van der Waals surface area contributed by atoms with Crippen LogP contribution >= 0.6 is 27.5 Å².